The van der Waals surface area contributed by atoms with E-state index in [1.807, 2.05) is 27.7 Å². The second kappa shape index (κ2) is 9.63. The monoisotopic (exact) mass is 525 g/mol. The molecule has 0 saturated heterocycles. The number of halogens is 2. The van der Waals surface area contributed by atoms with Crippen LogP contribution in [-0.2, 0) is 0 Å². The third-order valence-electron chi connectivity index (χ3n) is 6.01. The number of nitrogens with two attached hydrogens (primary N) is 1. The molecule has 0 unspecified atom stereocenters. The van der Waals surface area contributed by atoms with Gasteiger partial charge in [-0.3, -0.25) is 4.79 Å². The number of amides is 1. The van der Waals surface area contributed by atoms with Gasteiger partial charge in [-0.05, 0) is 44.2 Å². The van der Waals surface area contributed by atoms with Gasteiger partial charge in [0.15, 0.2) is 5.82 Å². The summed E-state index contributed by atoms with van der Waals surface area (Å²) in [5.41, 5.74) is 7.13. The molecule has 0 atom stereocenters. The highest BCUT2D eigenvalue weighted by Crippen LogP contribution is 2.37. The first-order chi connectivity index (χ1) is 18.0. The quantitative estimate of drug-likeness (QED) is 0.255. The topological polar surface area (TPSA) is 148 Å². The van der Waals surface area contributed by atoms with E-state index in [1.165, 1.54) is 6.33 Å². The Kier molecular flexibility index (Phi) is 6.47. The summed E-state index contributed by atoms with van der Waals surface area (Å²) in [4.78, 5) is 16.8. The number of anilines is 3. The molecule has 1 amide bonds. The minimum Gasteiger partial charge on any atom is -0.403 e. The standard InChI is InChI=1S/C25H29F2N9O2/c1-12(2)19-15(23-34-35-24(38-23)29-10-25(3,4)28)9-36-20(19)21(30-11-31-36)33-18-7-14(16(26)8-17(18)27)22(37)32-13-5-6-13/h7-9,11-13H,5-6,10,28H2,1-4H3,(H,29,35)(H,32,37)(H,30,31,33). The maximum atomic E-state index is 14.8. The van der Waals surface area contributed by atoms with Gasteiger partial charge in [0.1, 0.15) is 23.5 Å². The number of rotatable bonds is 9. The van der Waals surface area contributed by atoms with E-state index in [0.29, 0.717) is 23.7 Å². The zero-order valence-electron chi connectivity index (χ0n) is 21.5. The number of fused-ring (bicyclic) bond motifs is 1. The summed E-state index contributed by atoms with van der Waals surface area (Å²) < 4.78 is 36.7. The maximum Gasteiger partial charge on any atom is 0.315 e. The van der Waals surface area contributed by atoms with Gasteiger partial charge >= 0.3 is 6.01 Å². The van der Waals surface area contributed by atoms with Crippen LogP contribution in [0.2, 0.25) is 0 Å². The van der Waals surface area contributed by atoms with Crippen molar-refractivity contribution >= 4 is 28.9 Å². The van der Waals surface area contributed by atoms with Crippen molar-refractivity contribution in [3.8, 4) is 11.5 Å². The number of benzene rings is 1. The molecule has 3 heterocycles. The lowest BCUT2D eigenvalue weighted by atomic mass is 10.00. The molecule has 1 aliphatic rings. The molecule has 4 aromatic rings. The largest absolute Gasteiger partial charge is 0.403 e. The Balaban J connectivity index is 1.52. The van der Waals surface area contributed by atoms with Crippen molar-refractivity contribution in [2.24, 2.45) is 5.73 Å². The van der Waals surface area contributed by atoms with E-state index in [-0.39, 0.29) is 40.9 Å². The molecule has 38 heavy (non-hydrogen) atoms. The fourth-order valence-electron chi connectivity index (χ4n) is 4.03. The summed E-state index contributed by atoms with van der Waals surface area (Å²) in [6, 6.07) is 2.08. The van der Waals surface area contributed by atoms with Gasteiger partial charge in [0.25, 0.3) is 11.8 Å². The van der Waals surface area contributed by atoms with Crippen LogP contribution in [0.3, 0.4) is 0 Å². The zero-order chi connectivity index (χ0) is 27.2. The van der Waals surface area contributed by atoms with Crippen LogP contribution in [-0.4, -0.2) is 48.8 Å². The van der Waals surface area contributed by atoms with Gasteiger partial charge in [-0.1, -0.05) is 18.9 Å². The summed E-state index contributed by atoms with van der Waals surface area (Å²) in [6.45, 7) is 8.11. The van der Waals surface area contributed by atoms with Gasteiger partial charge in [0.05, 0.1) is 16.8 Å². The van der Waals surface area contributed by atoms with Crippen LogP contribution < -0.4 is 21.7 Å². The molecule has 5 N–H and O–H groups in total. The second-order valence-corrected chi connectivity index (χ2v) is 10.5. The predicted molar refractivity (Wildman–Crippen MR) is 137 cm³/mol. The van der Waals surface area contributed by atoms with Crippen molar-refractivity contribution in [3.63, 3.8) is 0 Å². The smallest absolute Gasteiger partial charge is 0.315 e. The summed E-state index contributed by atoms with van der Waals surface area (Å²) in [6.07, 6.45) is 4.71. The van der Waals surface area contributed by atoms with Crippen molar-refractivity contribution in [1.29, 1.82) is 0 Å². The van der Waals surface area contributed by atoms with Crippen LogP contribution in [0.25, 0.3) is 17.0 Å². The lowest BCUT2D eigenvalue weighted by Gasteiger charge is -2.17. The van der Waals surface area contributed by atoms with E-state index in [4.69, 9.17) is 10.2 Å². The van der Waals surface area contributed by atoms with Crippen molar-refractivity contribution in [3.05, 3.63) is 47.4 Å². The number of hydrogen-bond acceptors (Lipinski definition) is 9. The van der Waals surface area contributed by atoms with Crippen LogP contribution in [0.5, 0.6) is 0 Å². The van der Waals surface area contributed by atoms with Gasteiger partial charge in [-0.25, -0.2) is 18.3 Å². The summed E-state index contributed by atoms with van der Waals surface area (Å²) in [5.74, 6) is -1.93. The molecule has 0 spiro atoms. The van der Waals surface area contributed by atoms with Gasteiger partial charge < -0.3 is 26.1 Å². The first-order valence-corrected chi connectivity index (χ1v) is 12.3. The SMILES string of the molecule is CC(C)c1c(-c2nnc(NCC(C)(C)N)o2)cn2ncnc(Nc3cc(C(=O)NC4CC4)c(F)cc3F)c12. The molecule has 0 bridgehead atoms. The molecule has 1 fully saturated rings. The number of carbonyl (C=O) groups excluding carboxylic acids is 1. The van der Waals surface area contributed by atoms with Crippen LogP contribution in [0.1, 0.15) is 62.4 Å². The molecule has 11 nitrogen and oxygen atoms in total. The number of carbonyl (C=O) groups is 1. The van der Waals surface area contributed by atoms with E-state index in [2.05, 4.69) is 36.2 Å². The minimum absolute atomic E-state index is 0.0276. The van der Waals surface area contributed by atoms with Gasteiger partial charge in [-0.15, -0.1) is 5.10 Å². The Morgan fingerprint density at radius 1 is 1.24 bits per heavy atom. The predicted octanol–water partition coefficient (Wildman–Crippen LogP) is 3.97. The minimum atomic E-state index is -0.939. The van der Waals surface area contributed by atoms with E-state index >= 15 is 0 Å². The van der Waals surface area contributed by atoms with E-state index in [1.54, 1.807) is 10.7 Å². The van der Waals surface area contributed by atoms with Crippen LogP contribution >= 0.6 is 0 Å². The molecule has 3 aromatic heterocycles. The van der Waals surface area contributed by atoms with Crippen molar-refractivity contribution in [1.82, 2.24) is 30.1 Å². The van der Waals surface area contributed by atoms with Crippen LogP contribution in [0, 0.1) is 11.6 Å². The van der Waals surface area contributed by atoms with E-state index in [9.17, 15) is 13.6 Å². The first kappa shape index (κ1) is 25.5. The number of nitrogens with one attached hydrogen (secondary N) is 3. The van der Waals surface area contributed by atoms with Gasteiger partial charge in [0.2, 0.25) is 0 Å². The molecule has 5 rings (SSSR count). The number of nitrogens with zero attached hydrogens (tertiary/aromatic N) is 5. The summed E-state index contributed by atoms with van der Waals surface area (Å²) in [5, 5.41) is 21.2. The lowest BCUT2D eigenvalue weighted by molar-refractivity contribution is 0.0947. The fourth-order valence-corrected chi connectivity index (χ4v) is 4.03. The van der Waals surface area contributed by atoms with E-state index in [0.717, 1.165) is 24.5 Å². The molecule has 1 aliphatic carbocycles. The Morgan fingerprint density at radius 3 is 2.68 bits per heavy atom. The summed E-state index contributed by atoms with van der Waals surface area (Å²) >= 11 is 0. The normalized spacial score (nSPS) is 13.8. The summed E-state index contributed by atoms with van der Waals surface area (Å²) in [7, 11) is 0. The Bertz CT molecular complexity index is 1500. The molecular formula is C25H29F2N9O2. The highest BCUT2D eigenvalue weighted by atomic mass is 19.1. The van der Waals surface area contributed by atoms with Gasteiger partial charge in [-0.2, -0.15) is 5.10 Å². The average molecular weight is 526 g/mol. The maximum absolute atomic E-state index is 14.8. The molecule has 1 aromatic carbocycles. The Hall–Kier alpha value is -4.13. The average Bonchev–Trinajstić information content (AvgIpc) is 3.37. The molecular weight excluding hydrogens is 496 g/mol. The lowest BCUT2D eigenvalue weighted by Crippen LogP contribution is -2.39. The Labute approximate surface area is 217 Å². The molecule has 1 saturated carbocycles. The molecule has 13 heteroatoms. The van der Waals surface area contributed by atoms with Crippen LogP contribution in [0.15, 0.2) is 29.1 Å². The Morgan fingerprint density at radius 2 is 2.00 bits per heavy atom. The fraction of sp³-hybridized carbons (Fsp3) is 0.400. The second-order valence-electron chi connectivity index (χ2n) is 10.5. The molecule has 0 radical (unpaired) electrons. The van der Waals surface area contributed by atoms with Crippen molar-refractivity contribution < 1.29 is 18.0 Å². The third-order valence-corrected chi connectivity index (χ3v) is 6.01. The number of hydrogen-bond donors (Lipinski definition) is 4. The van der Waals surface area contributed by atoms with Crippen molar-refractivity contribution in [2.75, 3.05) is 17.2 Å². The highest BCUT2D eigenvalue weighted by Gasteiger charge is 2.27. The number of aromatic nitrogens is 5. The van der Waals surface area contributed by atoms with Crippen LogP contribution in [0.4, 0.5) is 26.3 Å². The first-order valence-electron chi connectivity index (χ1n) is 12.3. The van der Waals surface area contributed by atoms with Gasteiger partial charge in [0, 0.05) is 30.4 Å². The zero-order valence-corrected chi connectivity index (χ0v) is 21.5. The van der Waals surface area contributed by atoms with E-state index < -0.39 is 23.1 Å². The molecule has 0 aliphatic heterocycles. The third kappa shape index (κ3) is 5.28. The van der Waals surface area contributed by atoms with Crippen molar-refractivity contribution in [2.45, 2.75) is 58.0 Å². The highest BCUT2D eigenvalue weighted by molar-refractivity contribution is 5.96. The molecule has 200 valence electrons.